The van der Waals surface area contributed by atoms with Crippen LogP contribution in [0.15, 0.2) is 30.3 Å². The Morgan fingerprint density at radius 1 is 1.09 bits per heavy atom. The lowest BCUT2D eigenvalue weighted by Gasteiger charge is -2.30. The molecule has 8 nitrogen and oxygen atoms in total. The van der Waals surface area contributed by atoms with Gasteiger partial charge in [-0.05, 0) is 39.2 Å². The van der Waals surface area contributed by atoms with Crippen LogP contribution in [-0.4, -0.2) is 58.4 Å². The summed E-state index contributed by atoms with van der Waals surface area (Å²) in [6, 6.07) is 8.32. The Hall–Kier alpha value is -2.26. The quantitative estimate of drug-likeness (QED) is 0.369. The molecule has 0 spiro atoms. The van der Waals surface area contributed by atoms with Crippen molar-refractivity contribution < 1.29 is 29.0 Å². The van der Waals surface area contributed by atoms with E-state index in [9.17, 15) is 19.5 Å². The first kappa shape index (κ1) is 28.8. The van der Waals surface area contributed by atoms with Gasteiger partial charge in [-0.1, -0.05) is 50.6 Å². The fourth-order valence-electron chi connectivity index (χ4n) is 3.02. The topological polar surface area (TPSA) is 114 Å². The number of benzene rings is 1. The first-order valence-corrected chi connectivity index (χ1v) is 12.2. The molecule has 1 aromatic carbocycles. The maximum atomic E-state index is 12.8. The van der Waals surface area contributed by atoms with Crippen molar-refractivity contribution in [3.8, 4) is 0 Å². The van der Waals surface area contributed by atoms with Crippen LogP contribution >= 0.6 is 11.8 Å². The third-order valence-electron chi connectivity index (χ3n) is 4.68. The molecule has 0 aromatic heterocycles. The number of rotatable bonds is 13. The molecule has 0 heterocycles. The SMILES string of the molecule is CCCC(C)(CCO)SC[C@H](NC(=O)OC(C)(C)C)C(=O)NCC(=O)OCc1ccccc1. The number of alkyl carbamates (subject to hydrolysis) is 1. The van der Waals surface area contributed by atoms with Gasteiger partial charge in [0.2, 0.25) is 5.91 Å². The van der Waals surface area contributed by atoms with Crippen LogP contribution in [0.4, 0.5) is 4.79 Å². The number of nitrogens with one attached hydrogen (secondary N) is 2. The summed E-state index contributed by atoms with van der Waals surface area (Å²) in [5.74, 6) is -0.819. The van der Waals surface area contributed by atoms with E-state index in [2.05, 4.69) is 17.6 Å². The largest absolute Gasteiger partial charge is 0.460 e. The second-order valence-corrected chi connectivity index (χ2v) is 10.7. The summed E-state index contributed by atoms with van der Waals surface area (Å²) in [5, 5.41) is 14.6. The molecule has 0 saturated heterocycles. The highest BCUT2D eigenvalue weighted by molar-refractivity contribution is 8.00. The van der Waals surface area contributed by atoms with Gasteiger partial charge in [0, 0.05) is 17.1 Å². The van der Waals surface area contributed by atoms with Crippen LogP contribution in [0, 0.1) is 0 Å². The molecule has 33 heavy (non-hydrogen) atoms. The minimum atomic E-state index is -0.915. The molecule has 2 amide bonds. The van der Waals surface area contributed by atoms with Crippen LogP contribution in [-0.2, 0) is 25.7 Å². The van der Waals surface area contributed by atoms with E-state index in [4.69, 9.17) is 9.47 Å². The molecule has 2 atom stereocenters. The number of aliphatic hydroxyl groups excluding tert-OH is 1. The summed E-state index contributed by atoms with van der Waals surface area (Å²) in [5.41, 5.74) is 0.129. The van der Waals surface area contributed by atoms with Crippen molar-refractivity contribution >= 4 is 29.7 Å². The molecule has 0 aliphatic heterocycles. The molecule has 3 N–H and O–H groups in total. The van der Waals surface area contributed by atoms with Crippen molar-refractivity contribution in [2.24, 2.45) is 0 Å². The highest BCUT2D eigenvalue weighted by Crippen LogP contribution is 2.33. The summed E-state index contributed by atoms with van der Waals surface area (Å²) < 4.78 is 10.2. The average molecular weight is 483 g/mol. The molecule has 0 aliphatic rings. The zero-order valence-electron chi connectivity index (χ0n) is 20.3. The zero-order valence-corrected chi connectivity index (χ0v) is 21.1. The van der Waals surface area contributed by atoms with E-state index < -0.39 is 29.6 Å². The van der Waals surface area contributed by atoms with E-state index in [1.807, 2.05) is 37.3 Å². The van der Waals surface area contributed by atoms with Gasteiger partial charge >= 0.3 is 12.1 Å². The van der Waals surface area contributed by atoms with Crippen LogP contribution in [0.25, 0.3) is 0 Å². The van der Waals surface area contributed by atoms with Gasteiger partial charge in [0.05, 0.1) is 0 Å². The normalized spacial score (nSPS) is 14.0. The zero-order chi connectivity index (χ0) is 24.9. The second-order valence-electron chi connectivity index (χ2n) is 9.05. The number of amides is 2. The third-order valence-corrected chi connectivity index (χ3v) is 6.28. The molecule has 9 heteroatoms. The Balaban J connectivity index is 2.72. The number of aliphatic hydroxyl groups is 1. The van der Waals surface area contributed by atoms with Crippen molar-refractivity contribution in [3.05, 3.63) is 35.9 Å². The monoisotopic (exact) mass is 482 g/mol. The van der Waals surface area contributed by atoms with Crippen LogP contribution in [0.3, 0.4) is 0 Å². The Labute approximate surface area is 201 Å². The molecule has 0 bridgehead atoms. The van der Waals surface area contributed by atoms with Gasteiger partial charge in [-0.3, -0.25) is 9.59 Å². The highest BCUT2D eigenvalue weighted by atomic mass is 32.2. The molecule has 186 valence electrons. The van der Waals surface area contributed by atoms with E-state index in [-0.39, 0.29) is 30.3 Å². The summed E-state index contributed by atoms with van der Waals surface area (Å²) in [4.78, 5) is 37.2. The van der Waals surface area contributed by atoms with Gasteiger partial charge in [0.25, 0.3) is 0 Å². The lowest BCUT2D eigenvalue weighted by molar-refractivity contribution is -0.145. The first-order valence-electron chi connectivity index (χ1n) is 11.2. The molecule has 1 aromatic rings. The number of ether oxygens (including phenoxy) is 2. The Morgan fingerprint density at radius 2 is 1.76 bits per heavy atom. The van der Waals surface area contributed by atoms with Gasteiger partial charge in [-0.25, -0.2) is 4.79 Å². The Morgan fingerprint density at radius 3 is 2.33 bits per heavy atom. The van der Waals surface area contributed by atoms with Crippen molar-refractivity contribution in [1.29, 1.82) is 0 Å². The predicted octanol–water partition coefficient (Wildman–Crippen LogP) is 3.41. The summed E-state index contributed by atoms with van der Waals surface area (Å²) in [6.07, 6.45) is 1.63. The molecule has 0 aliphatic carbocycles. The molecule has 1 unspecified atom stereocenters. The number of esters is 1. The van der Waals surface area contributed by atoms with E-state index >= 15 is 0 Å². The highest BCUT2D eigenvalue weighted by Gasteiger charge is 2.30. The van der Waals surface area contributed by atoms with Crippen LogP contribution in [0.5, 0.6) is 0 Å². The van der Waals surface area contributed by atoms with Gasteiger partial charge < -0.3 is 25.2 Å². The van der Waals surface area contributed by atoms with Crippen molar-refractivity contribution in [2.45, 2.75) is 76.9 Å². The van der Waals surface area contributed by atoms with Gasteiger partial charge in [0.15, 0.2) is 0 Å². The first-order chi connectivity index (χ1) is 15.5. The van der Waals surface area contributed by atoms with Gasteiger partial charge in [-0.2, -0.15) is 11.8 Å². The molecule has 0 fully saturated rings. The van der Waals surface area contributed by atoms with Gasteiger partial charge in [-0.15, -0.1) is 0 Å². The lowest BCUT2D eigenvalue weighted by Crippen LogP contribution is -2.51. The fourth-order valence-corrected chi connectivity index (χ4v) is 4.41. The van der Waals surface area contributed by atoms with E-state index in [0.717, 1.165) is 18.4 Å². The summed E-state index contributed by atoms with van der Waals surface area (Å²) in [6.45, 7) is 9.12. The van der Waals surface area contributed by atoms with E-state index in [1.54, 1.807) is 20.8 Å². The minimum Gasteiger partial charge on any atom is -0.460 e. The standard InChI is InChI=1S/C24H38N2O6S/c1-6-12-24(5,13-14-27)33-17-19(26-22(30)32-23(2,3)4)21(29)25-15-20(28)31-16-18-10-8-7-9-11-18/h7-11,19,27H,6,12-17H2,1-5H3,(H,25,29)(H,26,30)/t19-,24?/m0/s1. The Bertz CT molecular complexity index is 745. The maximum absolute atomic E-state index is 12.8. The molecule has 0 radical (unpaired) electrons. The predicted molar refractivity (Wildman–Crippen MR) is 130 cm³/mol. The Kier molecular flexibility index (Phi) is 12.3. The number of carbonyl (C=O) groups excluding carboxylic acids is 3. The third kappa shape index (κ3) is 12.5. The van der Waals surface area contributed by atoms with Crippen molar-refractivity contribution in [3.63, 3.8) is 0 Å². The van der Waals surface area contributed by atoms with Crippen molar-refractivity contribution in [2.75, 3.05) is 18.9 Å². The molecular weight excluding hydrogens is 444 g/mol. The molecular formula is C24H38N2O6S. The van der Waals surface area contributed by atoms with Crippen LogP contribution in [0.2, 0.25) is 0 Å². The lowest BCUT2D eigenvalue weighted by atomic mass is 10.0. The fraction of sp³-hybridized carbons (Fsp3) is 0.625. The van der Waals surface area contributed by atoms with Crippen molar-refractivity contribution in [1.82, 2.24) is 10.6 Å². The summed E-state index contributed by atoms with van der Waals surface area (Å²) >= 11 is 1.50. The van der Waals surface area contributed by atoms with Crippen LogP contribution in [0.1, 0.15) is 59.4 Å². The maximum Gasteiger partial charge on any atom is 0.408 e. The molecule has 0 saturated carbocycles. The number of thioether (sulfide) groups is 1. The summed E-state index contributed by atoms with van der Waals surface area (Å²) in [7, 11) is 0. The van der Waals surface area contributed by atoms with E-state index in [0.29, 0.717) is 6.42 Å². The minimum absolute atomic E-state index is 0.0348. The smallest absolute Gasteiger partial charge is 0.408 e. The second kappa shape index (κ2) is 14.1. The van der Waals surface area contributed by atoms with E-state index in [1.165, 1.54) is 11.8 Å². The number of hydrogen-bond donors (Lipinski definition) is 3. The molecule has 1 rings (SSSR count). The van der Waals surface area contributed by atoms with Gasteiger partial charge in [0.1, 0.15) is 24.8 Å². The number of hydrogen-bond acceptors (Lipinski definition) is 7. The number of carbonyl (C=O) groups is 3. The average Bonchev–Trinajstić information content (AvgIpc) is 2.73. The van der Waals surface area contributed by atoms with Crippen LogP contribution < -0.4 is 10.6 Å².